The monoisotopic (exact) mass is 1010 g/mol. The van der Waals surface area contributed by atoms with E-state index in [0.29, 0.717) is 82.6 Å². The van der Waals surface area contributed by atoms with E-state index in [-0.39, 0.29) is 28.0 Å². The van der Waals surface area contributed by atoms with Crippen LogP contribution in [0.25, 0.3) is 10.2 Å². The summed E-state index contributed by atoms with van der Waals surface area (Å²) in [6, 6.07) is 5.74. The Kier molecular flexibility index (Phi) is 20.6. The van der Waals surface area contributed by atoms with E-state index in [2.05, 4.69) is 45.5 Å². The smallest absolute Gasteiger partial charge is 0.490 e. The van der Waals surface area contributed by atoms with Crippen molar-refractivity contribution < 1.29 is 70.3 Å². The van der Waals surface area contributed by atoms with Crippen LogP contribution in [0, 0.1) is 0 Å². The third-order valence-electron chi connectivity index (χ3n) is 10.6. The molecular formula is C42H54F6N6O10S3. The minimum atomic E-state index is -5.08. The van der Waals surface area contributed by atoms with Crippen LogP contribution in [0.5, 0.6) is 5.75 Å². The highest BCUT2D eigenvalue weighted by Gasteiger charge is 2.42. The van der Waals surface area contributed by atoms with E-state index >= 15 is 0 Å². The molecule has 1 spiro atoms. The quantitative estimate of drug-likeness (QED) is 0.0578. The van der Waals surface area contributed by atoms with Gasteiger partial charge in [0.1, 0.15) is 17.0 Å². The highest BCUT2D eigenvalue weighted by atomic mass is 32.1. The topological polar surface area (TPSA) is 215 Å². The number of phenols is 1. The largest absolute Gasteiger partial charge is 0.506 e. The Hall–Kier alpha value is -4.66. The number of ether oxygens (including phenoxy) is 2. The van der Waals surface area contributed by atoms with Crippen molar-refractivity contribution in [2.24, 2.45) is 0 Å². The molecule has 6 rings (SSSR count). The maximum Gasteiger partial charge on any atom is 0.490 e. The highest BCUT2D eigenvalue weighted by Crippen LogP contribution is 2.33. The number of thiophene rings is 1. The van der Waals surface area contributed by atoms with Crippen molar-refractivity contribution in [1.82, 2.24) is 30.0 Å². The van der Waals surface area contributed by atoms with Crippen LogP contribution in [0.3, 0.4) is 0 Å². The Morgan fingerprint density at radius 1 is 0.985 bits per heavy atom. The Morgan fingerprint density at radius 3 is 2.27 bits per heavy atom. The van der Waals surface area contributed by atoms with Crippen LogP contribution in [-0.4, -0.2) is 154 Å². The first-order valence-electron chi connectivity index (χ1n) is 21.2. The lowest BCUT2D eigenvalue weighted by Gasteiger charge is -2.47. The van der Waals surface area contributed by atoms with Crippen molar-refractivity contribution >= 4 is 68.0 Å². The van der Waals surface area contributed by atoms with Crippen LogP contribution in [-0.2, 0) is 43.2 Å². The number of carboxylic acids is 2. The second-order valence-electron chi connectivity index (χ2n) is 15.8. The average Bonchev–Trinajstić information content (AvgIpc) is 4.04. The molecule has 3 aromatic heterocycles. The fourth-order valence-electron chi connectivity index (χ4n) is 7.01. The molecule has 0 aliphatic carbocycles. The summed E-state index contributed by atoms with van der Waals surface area (Å²) in [6.45, 7) is 14.4. The van der Waals surface area contributed by atoms with Crippen molar-refractivity contribution in [3.05, 3.63) is 65.3 Å². The fraction of sp³-hybridized carbons (Fsp3) is 0.571. The van der Waals surface area contributed by atoms with Gasteiger partial charge in [0.05, 0.1) is 48.1 Å². The zero-order valence-electron chi connectivity index (χ0n) is 37.0. The number of carbonyl (C=O) groups is 4. The lowest BCUT2D eigenvalue weighted by Crippen LogP contribution is -2.57. The van der Waals surface area contributed by atoms with Gasteiger partial charge in [-0.05, 0) is 67.8 Å². The predicted octanol–water partition coefficient (Wildman–Crippen LogP) is 6.34. The van der Waals surface area contributed by atoms with Crippen LogP contribution < -0.4 is 10.2 Å². The molecule has 0 atom stereocenters. The molecule has 4 aromatic rings. The number of phenolic OH excluding ortho intramolecular Hbond substituents is 1. The van der Waals surface area contributed by atoms with Crippen LogP contribution in [0.4, 0.5) is 26.3 Å². The first kappa shape index (κ1) is 54.9. The van der Waals surface area contributed by atoms with Gasteiger partial charge in [-0.25, -0.2) is 14.6 Å². The van der Waals surface area contributed by atoms with Gasteiger partial charge in [0.2, 0.25) is 5.91 Å². The molecule has 0 bridgehead atoms. The minimum Gasteiger partial charge on any atom is -0.506 e. The van der Waals surface area contributed by atoms with E-state index in [0.717, 1.165) is 71.9 Å². The number of aromatic amines is 1. The number of aromatic nitrogens is 2. The van der Waals surface area contributed by atoms with Crippen molar-refractivity contribution in [2.75, 3.05) is 72.2 Å². The lowest BCUT2D eigenvalue weighted by molar-refractivity contribution is -0.193. The molecule has 67 heavy (non-hydrogen) atoms. The number of aliphatic carboxylic acids is 2. The molecule has 5 heterocycles. The molecule has 2 amide bonds. The first-order valence-corrected chi connectivity index (χ1v) is 23.8. The zero-order valence-corrected chi connectivity index (χ0v) is 39.4. The van der Waals surface area contributed by atoms with Crippen molar-refractivity contribution in [2.45, 2.75) is 83.3 Å². The van der Waals surface area contributed by atoms with Gasteiger partial charge in [-0.2, -0.15) is 26.3 Å². The average molecular weight is 1010 g/mol. The number of piperidine rings is 1. The number of morpholine rings is 1. The summed E-state index contributed by atoms with van der Waals surface area (Å²) >= 11 is 4.46. The predicted molar refractivity (Wildman–Crippen MR) is 239 cm³/mol. The minimum absolute atomic E-state index is 0.0212. The molecule has 0 unspecified atom stereocenters. The number of nitrogens with one attached hydrogen (secondary N) is 2. The van der Waals surface area contributed by atoms with E-state index in [1.807, 2.05) is 28.2 Å². The molecule has 5 N–H and O–H groups in total. The molecule has 1 aromatic carbocycles. The van der Waals surface area contributed by atoms with Crippen LogP contribution in [0.15, 0.2) is 33.8 Å². The number of benzene rings is 1. The number of hydrogen-bond donors (Lipinski definition) is 5. The number of rotatable bonds is 17. The fourth-order valence-corrected chi connectivity index (χ4v) is 9.69. The summed E-state index contributed by atoms with van der Waals surface area (Å²) in [5.41, 5.74) is 3.05. The van der Waals surface area contributed by atoms with Gasteiger partial charge < -0.3 is 44.9 Å². The first-order chi connectivity index (χ1) is 31.5. The van der Waals surface area contributed by atoms with Gasteiger partial charge >= 0.3 is 29.2 Å². The summed E-state index contributed by atoms with van der Waals surface area (Å²) in [7, 11) is 0. The number of hydrogen-bond acceptors (Lipinski definition) is 14. The van der Waals surface area contributed by atoms with Gasteiger partial charge in [0.25, 0.3) is 5.91 Å². The number of H-pyrrole nitrogens is 1. The normalized spacial score (nSPS) is 15.2. The summed E-state index contributed by atoms with van der Waals surface area (Å²) in [5.74, 6) is -5.00. The second kappa shape index (κ2) is 25.1. The molecule has 25 heteroatoms. The molecule has 2 fully saturated rings. The Bertz CT molecular complexity index is 2280. The van der Waals surface area contributed by atoms with Crippen molar-refractivity contribution in [1.29, 1.82) is 0 Å². The van der Waals surface area contributed by atoms with Crippen molar-refractivity contribution in [3.8, 4) is 5.75 Å². The van der Waals surface area contributed by atoms with Crippen molar-refractivity contribution in [3.63, 3.8) is 0 Å². The number of amides is 2. The van der Waals surface area contributed by atoms with Gasteiger partial charge in [0.15, 0.2) is 0 Å². The number of aromatic hydroxyl groups is 1. The number of thiazole rings is 2. The Balaban J connectivity index is 0.000000608. The third kappa shape index (κ3) is 17.1. The number of fused-ring (bicyclic) bond motifs is 1. The molecule has 0 saturated carbocycles. The third-order valence-corrected chi connectivity index (χ3v) is 13.7. The highest BCUT2D eigenvalue weighted by molar-refractivity contribution is 7.16. The SMILES string of the molecule is CCN(CCNCCc1ccc(O)c2[nH]c(=O)sc12)C(=O)CCOCCc1csc(CN2CCC3(CC2)CN(C(=O)c2csc(C(C)C)n2)CCO3)c1.O=C(O)C(F)(F)F.O=C(O)C(F)(F)F. The van der Waals surface area contributed by atoms with Gasteiger partial charge in [-0.15, -0.1) is 22.7 Å². The maximum absolute atomic E-state index is 13.2. The number of carboxylic acid groups (broad SMARTS) is 2. The standard InChI is InChI=1S/C38H52N6O6S3.2C2HF3O2/c1-4-43(16-13-39-12-7-28-5-6-31(45)33-34(28)53-37(48)41-33)32(46)9-19-49-18-8-27-21-29(51-23-27)22-42-14-10-38(11-15-42)25-44(17-20-50-38)36(47)30-24-52-35(40-30)26(2)3;2*3-2(4,5)1(6)7/h5-6,21,23-24,26,39,45H,4,7-20,22,25H2,1-3H3,(H,41,48);2*(H,6,7). The molecule has 2 aliphatic rings. The molecule has 372 valence electrons. The van der Waals surface area contributed by atoms with Crippen LogP contribution in [0.2, 0.25) is 0 Å². The molecule has 2 aliphatic heterocycles. The summed E-state index contributed by atoms with van der Waals surface area (Å²) in [5, 5.41) is 32.7. The molecule has 16 nitrogen and oxygen atoms in total. The van der Waals surface area contributed by atoms with E-state index in [9.17, 15) is 45.8 Å². The van der Waals surface area contributed by atoms with E-state index in [1.165, 1.54) is 10.4 Å². The molecule has 0 radical (unpaired) electrons. The summed E-state index contributed by atoms with van der Waals surface area (Å²) in [4.78, 5) is 70.3. The van der Waals surface area contributed by atoms with E-state index in [4.69, 9.17) is 29.3 Å². The Labute approximate surface area is 393 Å². The van der Waals surface area contributed by atoms with E-state index in [1.54, 1.807) is 28.7 Å². The van der Waals surface area contributed by atoms with Gasteiger partial charge in [0, 0.05) is 62.0 Å². The molecular weight excluding hydrogens is 959 g/mol. The number of likely N-dealkylation sites (tertiary alicyclic amines) is 1. The lowest BCUT2D eigenvalue weighted by atomic mass is 9.89. The number of nitrogens with zero attached hydrogens (tertiary/aromatic N) is 4. The van der Waals surface area contributed by atoms with Crippen LogP contribution >= 0.6 is 34.0 Å². The number of halogens is 6. The molecule has 2 saturated heterocycles. The zero-order chi connectivity index (χ0) is 49.5. The summed E-state index contributed by atoms with van der Waals surface area (Å²) in [6.07, 6.45) is -6.46. The number of carbonyl (C=O) groups excluding carboxylic acids is 2. The Morgan fingerprint density at radius 2 is 1.66 bits per heavy atom. The number of alkyl halides is 6. The second-order valence-corrected chi connectivity index (χ2v) is 18.7. The van der Waals surface area contributed by atoms with Crippen LogP contribution in [0.1, 0.15) is 77.5 Å². The maximum atomic E-state index is 13.2. The van der Waals surface area contributed by atoms with Gasteiger partial charge in [-0.3, -0.25) is 19.3 Å². The number of likely N-dealkylation sites (N-methyl/N-ethyl adjacent to an activating group) is 1. The summed E-state index contributed by atoms with van der Waals surface area (Å²) < 4.78 is 76.5. The van der Waals surface area contributed by atoms with E-state index < -0.39 is 24.3 Å². The van der Waals surface area contributed by atoms with Gasteiger partial charge in [-0.1, -0.05) is 31.3 Å².